The number of benzene rings is 1. The van der Waals surface area contributed by atoms with E-state index in [1.807, 2.05) is 36.2 Å². The third-order valence-corrected chi connectivity index (χ3v) is 5.20. The van der Waals surface area contributed by atoms with Gasteiger partial charge < -0.3 is 26.4 Å². The number of ether oxygens (including phenoxy) is 1. The number of hydrogen-bond donors (Lipinski definition) is 4. The Kier molecular flexibility index (Phi) is 5.43. The van der Waals surface area contributed by atoms with Crippen LogP contribution < -0.4 is 11.5 Å². The molecule has 3 heterocycles. The first kappa shape index (κ1) is 19.7. The molecule has 10 nitrogen and oxygen atoms in total. The molecule has 1 fully saturated rings. The molecule has 0 amide bonds. The predicted octanol–water partition coefficient (Wildman–Crippen LogP) is -0.382. The molecule has 2 aromatic heterocycles. The molecule has 10 heteroatoms. The van der Waals surface area contributed by atoms with Gasteiger partial charge in [-0.3, -0.25) is 9.47 Å². The molecular formula is C19H25N7O3. The summed E-state index contributed by atoms with van der Waals surface area (Å²) >= 11 is 0. The monoisotopic (exact) mass is 399 g/mol. The first-order valence-corrected chi connectivity index (χ1v) is 9.39. The lowest BCUT2D eigenvalue weighted by Crippen LogP contribution is -2.38. The van der Waals surface area contributed by atoms with Crippen LogP contribution in [0, 0.1) is 0 Å². The average molecular weight is 399 g/mol. The minimum atomic E-state index is -1.12. The fourth-order valence-corrected chi connectivity index (χ4v) is 3.63. The van der Waals surface area contributed by atoms with E-state index in [2.05, 4.69) is 15.0 Å². The van der Waals surface area contributed by atoms with Gasteiger partial charge in [-0.15, -0.1) is 0 Å². The maximum atomic E-state index is 10.6. The number of aliphatic hydroxyl groups is 2. The van der Waals surface area contributed by atoms with Crippen LogP contribution in [-0.2, 0) is 17.8 Å². The van der Waals surface area contributed by atoms with Gasteiger partial charge in [0.15, 0.2) is 17.7 Å². The molecule has 6 N–H and O–H groups in total. The zero-order chi connectivity index (χ0) is 20.5. The number of nitrogen functional groups attached to an aromatic ring is 1. The van der Waals surface area contributed by atoms with Crippen LogP contribution in [0.5, 0.6) is 0 Å². The molecule has 0 aliphatic carbocycles. The molecule has 4 atom stereocenters. The van der Waals surface area contributed by atoms with E-state index < -0.39 is 24.5 Å². The van der Waals surface area contributed by atoms with Gasteiger partial charge in [-0.05, 0) is 18.2 Å². The molecule has 3 aromatic rings. The predicted molar refractivity (Wildman–Crippen MR) is 106 cm³/mol. The molecule has 1 saturated heterocycles. The Morgan fingerprint density at radius 1 is 1.10 bits per heavy atom. The molecule has 0 bridgehead atoms. The number of hydrogen-bond acceptors (Lipinski definition) is 9. The number of fused-ring (bicyclic) bond motifs is 1. The number of likely N-dealkylation sites (N-methyl/N-ethyl adjacent to an activating group) is 1. The van der Waals surface area contributed by atoms with E-state index in [-0.39, 0.29) is 5.82 Å². The number of aromatic nitrogens is 4. The van der Waals surface area contributed by atoms with Gasteiger partial charge >= 0.3 is 0 Å². The molecule has 1 aliphatic heterocycles. The van der Waals surface area contributed by atoms with Crippen molar-refractivity contribution in [2.75, 3.05) is 19.3 Å². The van der Waals surface area contributed by atoms with Crippen LogP contribution in [0.4, 0.5) is 5.82 Å². The van der Waals surface area contributed by atoms with Crippen molar-refractivity contribution in [2.45, 2.75) is 37.6 Å². The van der Waals surface area contributed by atoms with Crippen molar-refractivity contribution in [3.05, 3.63) is 48.0 Å². The highest BCUT2D eigenvalue weighted by atomic mass is 16.6. The van der Waals surface area contributed by atoms with Gasteiger partial charge in [-0.2, -0.15) is 0 Å². The number of nitrogens with two attached hydrogens (primary N) is 2. The summed E-state index contributed by atoms with van der Waals surface area (Å²) in [6.07, 6.45) is -0.730. The standard InChI is InChI=1S/C19H25N7O3/c1-25(7-12-4-2-11(6-20)3-5-12)8-13-15(27)16(28)19(29-13)26-10-24-14-17(21)22-9-23-18(14)26/h2-5,9-10,13,15-16,19,27-28H,6-8,20H2,1H3,(H2,21,22,23). The van der Waals surface area contributed by atoms with Gasteiger partial charge in [0.05, 0.1) is 6.33 Å². The minimum Gasteiger partial charge on any atom is -0.387 e. The Balaban J connectivity index is 1.45. The van der Waals surface area contributed by atoms with Crippen molar-refractivity contribution in [1.82, 2.24) is 24.4 Å². The van der Waals surface area contributed by atoms with Crippen LogP contribution in [0.25, 0.3) is 11.2 Å². The Morgan fingerprint density at radius 2 is 1.83 bits per heavy atom. The molecule has 29 heavy (non-hydrogen) atoms. The molecule has 1 aromatic carbocycles. The first-order chi connectivity index (χ1) is 14.0. The normalized spacial score (nSPS) is 24.6. The van der Waals surface area contributed by atoms with Crippen LogP contribution in [0.3, 0.4) is 0 Å². The SMILES string of the molecule is CN(Cc1ccc(CN)cc1)CC1OC(n2cnc3c(N)ncnc32)C(O)C1O. The number of nitrogens with zero attached hydrogens (tertiary/aromatic N) is 5. The van der Waals surface area contributed by atoms with E-state index in [1.54, 1.807) is 4.57 Å². The smallest absolute Gasteiger partial charge is 0.167 e. The molecule has 4 unspecified atom stereocenters. The Morgan fingerprint density at radius 3 is 2.55 bits per heavy atom. The lowest BCUT2D eigenvalue weighted by Gasteiger charge is -2.23. The topological polar surface area (TPSA) is 149 Å². The van der Waals surface area contributed by atoms with E-state index in [4.69, 9.17) is 16.2 Å². The van der Waals surface area contributed by atoms with Crippen LogP contribution in [0.15, 0.2) is 36.9 Å². The summed E-state index contributed by atoms with van der Waals surface area (Å²) in [5, 5.41) is 21.1. The van der Waals surface area contributed by atoms with Crippen molar-refractivity contribution in [2.24, 2.45) is 5.73 Å². The zero-order valence-electron chi connectivity index (χ0n) is 16.1. The maximum absolute atomic E-state index is 10.6. The van der Waals surface area contributed by atoms with Gasteiger partial charge in [-0.1, -0.05) is 24.3 Å². The zero-order valence-corrected chi connectivity index (χ0v) is 16.1. The highest BCUT2D eigenvalue weighted by molar-refractivity contribution is 5.81. The van der Waals surface area contributed by atoms with E-state index in [0.29, 0.717) is 30.8 Å². The lowest BCUT2D eigenvalue weighted by molar-refractivity contribution is -0.0427. The second kappa shape index (κ2) is 8.01. The summed E-state index contributed by atoms with van der Waals surface area (Å²) in [5.41, 5.74) is 14.5. The molecule has 4 rings (SSSR count). The fourth-order valence-electron chi connectivity index (χ4n) is 3.63. The summed E-state index contributed by atoms with van der Waals surface area (Å²) in [5.74, 6) is 0.249. The Hall–Kier alpha value is -2.63. The Labute approximate surface area is 167 Å². The average Bonchev–Trinajstić information content (AvgIpc) is 3.26. The molecule has 154 valence electrons. The summed E-state index contributed by atoms with van der Waals surface area (Å²) < 4.78 is 7.56. The molecular weight excluding hydrogens is 374 g/mol. The number of aliphatic hydroxyl groups excluding tert-OH is 2. The van der Waals surface area contributed by atoms with Crippen LogP contribution in [0.1, 0.15) is 17.4 Å². The summed E-state index contributed by atoms with van der Waals surface area (Å²) in [6, 6.07) is 8.07. The highest BCUT2D eigenvalue weighted by Gasteiger charge is 2.44. The molecule has 0 spiro atoms. The first-order valence-electron chi connectivity index (χ1n) is 9.39. The second-order valence-electron chi connectivity index (χ2n) is 7.35. The van der Waals surface area contributed by atoms with Crippen molar-refractivity contribution in [3.63, 3.8) is 0 Å². The third kappa shape index (κ3) is 3.80. The summed E-state index contributed by atoms with van der Waals surface area (Å²) in [4.78, 5) is 14.3. The van der Waals surface area contributed by atoms with Gasteiger partial charge in [0.25, 0.3) is 0 Å². The van der Waals surface area contributed by atoms with Gasteiger partial charge in [0.1, 0.15) is 30.2 Å². The van der Waals surface area contributed by atoms with Crippen molar-refractivity contribution < 1.29 is 14.9 Å². The van der Waals surface area contributed by atoms with Crippen molar-refractivity contribution >= 4 is 17.0 Å². The van der Waals surface area contributed by atoms with Gasteiger partial charge in [0.2, 0.25) is 0 Å². The summed E-state index contributed by atoms with van der Waals surface area (Å²) in [7, 11) is 1.94. The van der Waals surface area contributed by atoms with Crippen molar-refractivity contribution in [3.8, 4) is 0 Å². The number of imidazole rings is 1. The maximum Gasteiger partial charge on any atom is 0.167 e. The lowest BCUT2D eigenvalue weighted by atomic mass is 10.1. The van der Waals surface area contributed by atoms with E-state index in [0.717, 1.165) is 11.1 Å². The minimum absolute atomic E-state index is 0.249. The van der Waals surface area contributed by atoms with Gasteiger partial charge in [0, 0.05) is 19.6 Å². The van der Waals surface area contributed by atoms with Crippen LogP contribution in [0.2, 0.25) is 0 Å². The molecule has 0 radical (unpaired) electrons. The van der Waals surface area contributed by atoms with E-state index >= 15 is 0 Å². The number of anilines is 1. The summed E-state index contributed by atoms with van der Waals surface area (Å²) in [6.45, 7) is 1.63. The van der Waals surface area contributed by atoms with Gasteiger partial charge in [-0.25, -0.2) is 15.0 Å². The molecule has 1 aliphatic rings. The fraction of sp³-hybridized carbons (Fsp3) is 0.421. The van der Waals surface area contributed by atoms with E-state index in [1.165, 1.54) is 12.7 Å². The van der Waals surface area contributed by atoms with Crippen LogP contribution in [-0.4, -0.2) is 66.5 Å². The molecule has 0 saturated carbocycles. The van der Waals surface area contributed by atoms with Crippen LogP contribution >= 0.6 is 0 Å². The largest absolute Gasteiger partial charge is 0.387 e. The van der Waals surface area contributed by atoms with E-state index in [9.17, 15) is 10.2 Å². The Bertz CT molecular complexity index is 978. The van der Waals surface area contributed by atoms with Crippen molar-refractivity contribution in [1.29, 1.82) is 0 Å². The number of rotatable bonds is 6. The highest BCUT2D eigenvalue weighted by Crippen LogP contribution is 2.32. The quantitative estimate of drug-likeness (QED) is 0.435. The third-order valence-electron chi connectivity index (χ3n) is 5.20. The second-order valence-corrected chi connectivity index (χ2v) is 7.35.